The van der Waals surface area contributed by atoms with E-state index < -0.39 is 0 Å². The summed E-state index contributed by atoms with van der Waals surface area (Å²) in [6.45, 7) is 13.9. The molecule has 7 nitrogen and oxygen atoms in total. The molecular formula is C25H34N4O3. The van der Waals surface area contributed by atoms with Crippen LogP contribution in [0.2, 0.25) is 0 Å². The number of nitro benzene ring substituents is 1. The van der Waals surface area contributed by atoms with Crippen LogP contribution in [-0.2, 0) is 5.41 Å². The number of rotatable bonds is 6. The van der Waals surface area contributed by atoms with Gasteiger partial charge in [-0.25, -0.2) is 0 Å². The minimum Gasteiger partial charge on any atom is -0.379 e. The molecule has 7 heteroatoms. The summed E-state index contributed by atoms with van der Waals surface area (Å²) in [6, 6.07) is 13.1. The van der Waals surface area contributed by atoms with Crippen molar-refractivity contribution in [3.05, 3.63) is 63.7 Å². The van der Waals surface area contributed by atoms with E-state index in [2.05, 4.69) is 44.8 Å². The minimum atomic E-state index is -0.353. The lowest BCUT2D eigenvalue weighted by molar-refractivity contribution is -0.383. The summed E-state index contributed by atoms with van der Waals surface area (Å²) in [5.74, 6) is 0.429. The molecule has 1 amide bonds. The van der Waals surface area contributed by atoms with Crippen molar-refractivity contribution >= 4 is 23.0 Å². The summed E-state index contributed by atoms with van der Waals surface area (Å²) in [5, 5.41) is 14.6. The van der Waals surface area contributed by atoms with Gasteiger partial charge in [-0.3, -0.25) is 14.9 Å². The molecule has 0 bridgehead atoms. The molecule has 1 fully saturated rings. The lowest BCUT2D eigenvalue weighted by atomic mass is 9.86. The molecule has 2 aromatic carbocycles. The van der Waals surface area contributed by atoms with Crippen LogP contribution in [0, 0.1) is 16.0 Å². The van der Waals surface area contributed by atoms with Crippen molar-refractivity contribution < 1.29 is 9.72 Å². The maximum absolute atomic E-state index is 12.9. The third-order valence-electron chi connectivity index (χ3n) is 5.81. The molecular weight excluding hydrogens is 404 g/mol. The van der Waals surface area contributed by atoms with Crippen molar-refractivity contribution in [3.63, 3.8) is 0 Å². The molecule has 0 aliphatic carbocycles. The zero-order chi connectivity index (χ0) is 23.5. The third-order valence-corrected chi connectivity index (χ3v) is 5.81. The Morgan fingerprint density at radius 3 is 2.22 bits per heavy atom. The minimum absolute atomic E-state index is 0.0492. The Bertz CT molecular complexity index is 956. The number of nitro groups is 1. The Morgan fingerprint density at radius 1 is 1.06 bits per heavy atom. The van der Waals surface area contributed by atoms with E-state index in [1.54, 1.807) is 12.1 Å². The van der Waals surface area contributed by atoms with Gasteiger partial charge in [-0.05, 0) is 41.2 Å². The first-order chi connectivity index (χ1) is 15.1. The van der Waals surface area contributed by atoms with Crippen molar-refractivity contribution in [1.82, 2.24) is 4.90 Å². The number of carbonyl (C=O) groups excluding carboxylic acids is 1. The SMILES string of the molecule is CC(C)CNc1cc(N2CCN(C(=O)c3ccc(C(C)(C)C)cc3)CC2)ccc1[N+](=O)[O-]. The number of carbonyl (C=O) groups is 1. The molecule has 1 heterocycles. The molecule has 1 aliphatic heterocycles. The molecule has 32 heavy (non-hydrogen) atoms. The molecule has 0 spiro atoms. The van der Waals surface area contributed by atoms with E-state index in [1.165, 1.54) is 5.56 Å². The molecule has 1 aliphatic rings. The highest BCUT2D eigenvalue weighted by molar-refractivity contribution is 5.94. The number of hydrogen-bond donors (Lipinski definition) is 1. The van der Waals surface area contributed by atoms with Gasteiger partial charge in [0.05, 0.1) is 4.92 Å². The average molecular weight is 439 g/mol. The van der Waals surface area contributed by atoms with E-state index in [9.17, 15) is 14.9 Å². The maximum Gasteiger partial charge on any atom is 0.292 e. The largest absolute Gasteiger partial charge is 0.379 e. The van der Waals surface area contributed by atoms with Crippen molar-refractivity contribution in [2.24, 2.45) is 5.92 Å². The van der Waals surface area contributed by atoms with Gasteiger partial charge >= 0.3 is 0 Å². The van der Waals surface area contributed by atoms with Crippen LogP contribution in [0.1, 0.15) is 50.5 Å². The number of piperazine rings is 1. The van der Waals surface area contributed by atoms with Gasteiger partial charge < -0.3 is 15.1 Å². The van der Waals surface area contributed by atoms with Gasteiger partial charge in [-0.1, -0.05) is 46.8 Å². The summed E-state index contributed by atoms with van der Waals surface area (Å²) in [6.07, 6.45) is 0. The Morgan fingerprint density at radius 2 is 1.69 bits per heavy atom. The first kappa shape index (κ1) is 23.6. The lowest BCUT2D eigenvalue weighted by Crippen LogP contribution is -2.48. The fourth-order valence-corrected chi connectivity index (χ4v) is 3.80. The first-order valence-electron chi connectivity index (χ1n) is 11.2. The molecule has 1 N–H and O–H groups in total. The van der Waals surface area contributed by atoms with Gasteiger partial charge in [0.15, 0.2) is 0 Å². The van der Waals surface area contributed by atoms with E-state index in [0.717, 1.165) is 5.69 Å². The Hall–Kier alpha value is -3.09. The second-order valence-electron chi connectivity index (χ2n) is 9.84. The molecule has 2 aromatic rings. The van der Waals surface area contributed by atoms with E-state index in [4.69, 9.17) is 0 Å². The summed E-state index contributed by atoms with van der Waals surface area (Å²) in [4.78, 5) is 28.0. The second kappa shape index (κ2) is 9.59. The van der Waals surface area contributed by atoms with Crippen LogP contribution in [0.25, 0.3) is 0 Å². The standard InChI is InChI=1S/C25H34N4O3/c1-18(2)17-26-22-16-21(10-11-23(22)29(31)32)27-12-14-28(15-13-27)24(30)19-6-8-20(9-7-19)25(3,4)5/h6-11,16,18,26H,12-15,17H2,1-5H3. The van der Waals surface area contributed by atoms with Crippen LogP contribution in [0.3, 0.4) is 0 Å². The van der Waals surface area contributed by atoms with Gasteiger partial charge in [0, 0.05) is 50.0 Å². The van der Waals surface area contributed by atoms with Crippen LogP contribution < -0.4 is 10.2 Å². The van der Waals surface area contributed by atoms with E-state index in [0.29, 0.717) is 49.9 Å². The van der Waals surface area contributed by atoms with Gasteiger partial charge in [0.25, 0.3) is 11.6 Å². The van der Waals surface area contributed by atoms with E-state index in [1.807, 2.05) is 35.2 Å². The van der Waals surface area contributed by atoms with Crippen LogP contribution >= 0.6 is 0 Å². The zero-order valence-corrected chi connectivity index (χ0v) is 19.7. The smallest absolute Gasteiger partial charge is 0.292 e. The van der Waals surface area contributed by atoms with E-state index in [-0.39, 0.29) is 21.9 Å². The van der Waals surface area contributed by atoms with Crippen molar-refractivity contribution in [2.45, 2.75) is 40.0 Å². The number of nitrogens with one attached hydrogen (secondary N) is 1. The Balaban J connectivity index is 1.66. The number of benzene rings is 2. The highest BCUT2D eigenvalue weighted by Gasteiger charge is 2.24. The van der Waals surface area contributed by atoms with Gasteiger partial charge in [-0.15, -0.1) is 0 Å². The molecule has 0 aromatic heterocycles. The van der Waals surface area contributed by atoms with Crippen LogP contribution in [0.15, 0.2) is 42.5 Å². The predicted octanol–water partition coefficient (Wildman–Crippen LogP) is 4.92. The Labute approximate surface area is 190 Å². The van der Waals surface area contributed by atoms with Gasteiger partial charge in [0.1, 0.15) is 5.69 Å². The van der Waals surface area contributed by atoms with Crippen molar-refractivity contribution in [3.8, 4) is 0 Å². The average Bonchev–Trinajstić information content (AvgIpc) is 2.76. The Kier molecular flexibility index (Phi) is 7.06. The molecule has 0 radical (unpaired) electrons. The molecule has 172 valence electrons. The van der Waals surface area contributed by atoms with Crippen molar-refractivity contribution in [1.29, 1.82) is 0 Å². The van der Waals surface area contributed by atoms with Crippen LogP contribution in [0.4, 0.5) is 17.1 Å². The third kappa shape index (κ3) is 5.58. The fraction of sp³-hybridized carbons (Fsp3) is 0.480. The van der Waals surface area contributed by atoms with Crippen LogP contribution in [-0.4, -0.2) is 48.5 Å². The van der Waals surface area contributed by atoms with Crippen molar-refractivity contribution in [2.75, 3.05) is 42.9 Å². The summed E-state index contributed by atoms with van der Waals surface area (Å²) in [7, 11) is 0. The molecule has 0 atom stereocenters. The number of nitrogens with zero attached hydrogens (tertiary/aromatic N) is 3. The monoisotopic (exact) mass is 438 g/mol. The van der Waals surface area contributed by atoms with Crippen LogP contribution in [0.5, 0.6) is 0 Å². The van der Waals surface area contributed by atoms with Gasteiger partial charge in [-0.2, -0.15) is 0 Å². The highest BCUT2D eigenvalue weighted by atomic mass is 16.6. The highest BCUT2D eigenvalue weighted by Crippen LogP contribution is 2.30. The molecule has 1 saturated heterocycles. The predicted molar refractivity (Wildman–Crippen MR) is 130 cm³/mol. The number of hydrogen-bond acceptors (Lipinski definition) is 5. The summed E-state index contributed by atoms with van der Waals surface area (Å²) < 4.78 is 0. The molecule has 0 saturated carbocycles. The summed E-state index contributed by atoms with van der Waals surface area (Å²) >= 11 is 0. The number of amides is 1. The lowest BCUT2D eigenvalue weighted by Gasteiger charge is -2.36. The zero-order valence-electron chi connectivity index (χ0n) is 19.7. The quantitative estimate of drug-likeness (QED) is 0.511. The second-order valence-corrected chi connectivity index (χ2v) is 9.84. The van der Waals surface area contributed by atoms with E-state index >= 15 is 0 Å². The molecule has 0 unspecified atom stereocenters. The maximum atomic E-state index is 12.9. The normalized spacial score (nSPS) is 14.6. The first-order valence-corrected chi connectivity index (χ1v) is 11.2. The summed E-state index contributed by atoms with van der Waals surface area (Å²) in [5.41, 5.74) is 3.53. The van der Waals surface area contributed by atoms with Gasteiger partial charge in [0.2, 0.25) is 0 Å². The molecule has 3 rings (SSSR count). The number of anilines is 2. The topological polar surface area (TPSA) is 78.7 Å². The fourth-order valence-electron chi connectivity index (χ4n) is 3.80.